The molecule has 27 heavy (non-hydrogen) atoms. The minimum absolute atomic E-state index is 0.446. The normalized spacial score (nSPS) is 11.6. The van der Waals surface area contributed by atoms with Crippen molar-refractivity contribution in [3.05, 3.63) is 77.8 Å². The Morgan fingerprint density at radius 3 is 2.19 bits per heavy atom. The molecule has 0 saturated carbocycles. The van der Waals surface area contributed by atoms with Crippen LogP contribution in [0.5, 0.6) is 17.2 Å². The minimum Gasteiger partial charge on any atom is -0.493 e. The number of aryl methyl sites for hydroxylation is 4. The van der Waals surface area contributed by atoms with Crippen LogP contribution in [0.1, 0.15) is 40.3 Å². The molecule has 0 fully saturated rings. The summed E-state index contributed by atoms with van der Waals surface area (Å²) in [4.78, 5) is 0. The Morgan fingerprint density at radius 1 is 0.926 bits per heavy atom. The lowest BCUT2D eigenvalue weighted by molar-refractivity contribution is 0.167. The van der Waals surface area contributed by atoms with Crippen molar-refractivity contribution in [2.75, 3.05) is 7.11 Å². The summed E-state index contributed by atoms with van der Waals surface area (Å²) in [6.45, 7) is 13.4. The van der Waals surface area contributed by atoms with Gasteiger partial charge in [-0.05, 0) is 73.6 Å². The SMILES string of the molecule is C=COc1cc(CCC(O)c2cc(C)c(C)cc2C)cc(OC)c1OC=C. The molecule has 1 unspecified atom stereocenters. The van der Waals surface area contributed by atoms with Crippen molar-refractivity contribution in [3.63, 3.8) is 0 Å². The molecule has 0 amide bonds. The predicted molar refractivity (Wildman–Crippen MR) is 109 cm³/mol. The fraction of sp³-hybridized carbons (Fsp3) is 0.304. The standard InChI is InChI=1S/C23H28O4/c1-7-26-22-14-18(13-21(25-6)23(22)27-8-2)9-10-20(24)19-12-16(4)15(3)11-17(19)5/h7-8,11-14,20,24H,1-2,9-10H2,3-6H3. The summed E-state index contributed by atoms with van der Waals surface area (Å²) >= 11 is 0. The van der Waals surface area contributed by atoms with E-state index in [1.165, 1.54) is 23.7 Å². The van der Waals surface area contributed by atoms with Crippen LogP contribution >= 0.6 is 0 Å². The van der Waals surface area contributed by atoms with E-state index in [1.54, 1.807) is 7.11 Å². The highest BCUT2D eigenvalue weighted by Gasteiger charge is 2.16. The number of rotatable bonds is 9. The molecule has 2 rings (SSSR count). The second-order valence-electron chi connectivity index (χ2n) is 6.54. The van der Waals surface area contributed by atoms with Gasteiger partial charge in [-0.15, -0.1) is 0 Å². The van der Waals surface area contributed by atoms with Gasteiger partial charge in [0.25, 0.3) is 0 Å². The summed E-state index contributed by atoms with van der Waals surface area (Å²) in [5, 5.41) is 10.7. The van der Waals surface area contributed by atoms with Crippen LogP contribution in [0.25, 0.3) is 0 Å². The van der Waals surface area contributed by atoms with Gasteiger partial charge in [-0.3, -0.25) is 0 Å². The third-order valence-electron chi connectivity index (χ3n) is 4.66. The second-order valence-corrected chi connectivity index (χ2v) is 6.54. The summed E-state index contributed by atoms with van der Waals surface area (Å²) in [5.74, 6) is 1.49. The number of hydrogen-bond donors (Lipinski definition) is 1. The van der Waals surface area contributed by atoms with Crippen molar-refractivity contribution < 1.29 is 19.3 Å². The lowest BCUT2D eigenvalue weighted by Gasteiger charge is -2.17. The first kappa shape index (κ1) is 20.6. The molecule has 0 aliphatic heterocycles. The van der Waals surface area contributed by atoms with Crippen molar-refractivity contribution in [3.8, 4) is 17.2 Å². The Morgan fingerprint density at radius 2 is 1.56 bits per heavy atom. The number of ether oxygens (including phenoxy) is 3. The third kappa shape index (κ3) is 4.92. The Labute approximate surface area is 161 Å². The highest BCUT2D eigenvalue weighted by Crippen LogP contribution is 2.39. The first-order valence-electron chi connectivity index (χ1n) is 8.93. The highest BCUT2D eigenvalue weighted by molar-refractivity contribution is 5.54. The van der Waals surface area contributed by atoms with Crippen LogP contribution in [0.15, 0.2) is 49.9 Å². The van der Waals surface area contributed by atoms with Crippen LogP contribution in [0.2, 0.25) is 0 Å². The molecule has 1 atom stereocenters. The van der Waals surface area contributed by atoms with Crippen LogP contribution in [-0.4, -0.2) is 12.2 Å². The molecule has 0 saturated heterocycles. The van der Waals surface area contributed by atoms with Gasteiger partial charge in [-0.2, -0.15) is 0 Å². The van der Waals surface area contributed by atoms with Crippen LogP contribution in [0.4, 0.5) is 0 Å². The number of benzene rings is 2. The predicted octanol–water partition coefficient (Wildman–Crippen LogP) is 5.33. The van der Waals surface area contributed by atoms with E-state index in [1.807, 2.05) is 19.1 Å². The number of methoxy groups -OCH3 is 1. The molecule has 1 N–H and O–H groups in total. The van der Waals surface area contributed by atoms with E-state index in [4.69, 9.17) is 14.2 Å². The number of hydrogen-bond acceptors (Lipinski definition) is 4. The van der Waals surface area contributed by atoms with Crippen molar-refractivity contribution >= 4 is 0 Å². The smallest absolute Gasteiger partial charge is 0.210 e. The zero-order chi connectivity index (χ0) is 20.0. The van der Waals surface area contributed by atoms with Crippen molar-refractivity contribution in [1.82, 2.24) is 0 Å². The van der Waals surface area contributed by atoms with E-state index in [0.29, 0.717) is 30.1 Å². The number of aliphatic hydroxyl groups is 1. The second kappa shape index (κ2) is 9.28. The maximum Gasteiger partial charge on any atom is 0.210 e. The third-order valence-corrected chi connectivity index (χ3v) is 4.66. The van der Waals surface area contributed by atoms with E-state index in [0.717, 1.165) is 16.7 Å². The molecule has 2 aromatic carbocycles. The first-order valence-corrected chi connectivity index (χ1v) is 8.93. The van der Waals surface area contributed by atoms with E-state index in [9.17, 15) is 5.11 Å². The summed E-state index contributed by atoms with van der Waals surface area (Å²) in [5.41, 5.74) is 5.47. The Bertz CT molecular complexity index is 824. The lowest BCUT2D eigenvalue weighted by atomic mass is 9.94. The van der Waals surface area contributed by atoms with Crippen LogP contribution < -0.4 is 14.2 Å². The average molecular weight is 368 g/mol. The fourth-order valence-electron chi connectivity index (χ4n) is 3.10. The van der Waals surface area contributed by atoms with Crippen molar-refractivity contribution in [1.29, 1.82) is 0 Å². The summed E-state index contributed by atoms with van der Waals surface area (Å²) in [7, 11) is 1.57. The largest absolute Gasteiger partial charge is 0.493 e. The molecule has 144 valence electrons. The van der Waals surface area contributed by atoms with Crippen LogP contribution in [0, 0.1) is 20.8 Å². The van der Waals surface area contributed by atoms with Gasteiger partial charge in [0.2, 0.25) is 5.75 Å². The van der Waals surface area contributed by atoms with Gasteiger partial charge in [-0.1, -0.05) is 25.3 Å². The summed E-state index contributed by atoms with van der Waals surface area (Å²) in [6.07, 6.45) is 3.36. The molecule has 4 nitrogen and oxygen atoms in total. The summed E-state index contributed by atoms with van der Waals surface area (Å²) in [6, 6.07) is 7.94. The average Bonchev–Trinajstić information content (AvgIpc) is 2.64. The molecule has 0 aliphatic carbocycles. The quantitative estimate of drug-likeness (QED) is 0.608. The van der Waals surface area contributed by atoms with Gasteiger partial charge < -0.3 is 19.3 Å². The Balaban J connectivity index is 2.24. The monoisotopic (exact) mass is 368 g/mol. The number of aliphatic hydroxyl groups excluding tert-OH is 1. The van der Waals surface area contributed by atoms with E-state index >= 15 is 0 Å². The van der Waals surface area contributed by atoms with Gasteiger partial charge >= 0.3 is 0 Å². The van der Waals surface area contributed by atoms with Gasteiger partial charge in [-0.25, -0.2) is 0 Å². The molecule has 0 aromatic heterocycles. The van der Waals surface area contributed by atoms with Crippen LogP contribution in [0.3, 0.4) is 0 Å². The molecule has 2 aromatic rings. The first-order chi connectivity index (χ1) is 12.9. The summed E-state index contributed by atoms with van der Waals surface area (Å²) < 4.78 is 16.3. The zero-order valence-electron chi connectivity index (χ0n) is 16.5. The molecule has 0 heterocycles. The Kier molecular flexibility index (Phi) is 7.08. The van der Waals surface area contributed by atoms with E-state index in [2.05, 4.69) is 39.1 Å². The fourth-order valence-corrected chi connectivity index (χ4v) is 3.10. The van der Waals surface area contributed by atoms with Gasteiger partial charge in [0.15, 0.2) is 11.5 Å². The molecule has 0 bridgehead atoms. The molecular weight excluding hydrogens is 340 g/mol. The van der Waals surface area contributed by atoms with Gasteiger partial charge in [0.05, 0.1) is 25.7 Å². The van der Waals surface area contributed by atoms with Gasteiger partial charge in [0, 0.05) is 0 Å². The van der Waals surface area contributed by atoms with Crippen LogP contribution in [-0.2, 0) is 6.42 Å². The maximum atomic E-state index is 10.7. The molecule has 0 aliphatic rings. The maximum absolute atomic E-state index is 10.7. The molecular formula is C23H28O4. The Hall–Kier alpha value is -2.72. The molecule has 0 spiro atoms. The van der Waals surface area contributed by atoms with E-state index in [-0.39, 0.29) is 0 Å². The van der Waals surface area contributed by atoms with Crippen molar-refractivity contribution in [2.24, 2.45) is 0 Å². The van der Waals surface area contributed by atoms with E-state index < -0.39 is 6.10 Å². The lowest BCUT2D eigenvalue weighted by Crippen LogP contribution is -2.04. The van der Waals surface area contributed by atoms with Gasteiger partial charge in [0.1, 0.15) is 0 Å². The van der Waals surface area contributed by atoms with Crippen molar-refractivity contribution in [2.45, 2.75) is 39.7 Å². The molecule has 0 radical (unpaired) electrons. The highest BCUT2D eigenvalue weighted by atomic mass is 16.5. The minimum atomic E-state index is -0.539. The zero-order valence-corrected chi connectivity index (χ0v) is 16.5. The molecule has 4 heteroatoms. The topological polar surface area (TPSA) is 47.9 Å².